The van der Waals surface area contributed by atoms with E-state index < -0.39 is 30.1 Å². The first kappa shape index (κ1) is 29.4. The molecule has 3 N–H and O–H groups in total. The lowest BCUT2D eigenvalue weighted by atomic mass is 9.75. The van der Waals surface area contributed by atoms with Crippen molar-refractivity contribution in [3.05, 3.63) is 18.4 Å². The monoisotopic (exact) mass is 568 g/mol. The average Bonchev–Trinajstić information content (AvgIpc) is 3.63. The van der Waals surface area contributed by atoms with Crippen LogP contribution in [0.4, 0.5) is 5.88 Å². The zero-order valence-electron chi connectivity index (χ0n) is 22.6. The fourth-order valence-corrected chi connectivity index (χ4v) is 5.58. The number of hydrogen-bond acceptors (Lipinski definition) is 12. The van der Waals surface area contributed by atoms with Crippen LogP contribution in [0.25, 0.3) is 0 Å². The number of nitrogens with one attached hydrogen (secondary N) is 1. The summed E-state index contributed by atoms with van der Waals surface area (Å²) in [7, 11) is 0. The Balaban J connectivity index is 0.861. The van der Waals surface area contributed by atoms with Crippen molar-refractivity contribution in [1.29, 1.82) is 0 Å². The quantitative estimate of drug-likeness (QED) is 0.173. The van der Waals surface area contributed by atoms with Crippen molar-refractivity contribution in [3.8, 4) is 0 Å². The number of carbonyl (C=O) groups is 2. The Morgan fingerprint density at radius 1 is 1.00 bits per heavy atom. The number of aliphatic hydroxyl groups excluding tert-OH is 2. The molecular formula is C27H40N2O11. The van der Waals surface area contributed by atoms with E-state index in [4.69, 9.17) is 32.8 Å². The standard InChI is InChI=1S/C27H40N2O11/c30-21-15-19(18-3-1-4-18)25(33)29(21)6-8-34-9-10-35-11-12-36-13-14-37-16-27-17-39-26(40-27)22(23(31)24(27)32)28-20-5-2-7-38-20/h2,5,7,18-19,22-24,26,28,31-32H,1,3-4,6,8-17H2/t19?,22-,23+,24+,26-,27-/m0/s1. The second kappa shape index (κ2) is 13.7. The van der Waals surface area contributed by atoms with Crippen LogP contribution in [0, 0.1) is 11.8 Å². The SMILES string of the molecule is O=C1CC(C2CCC2)C(=O)N1CCOCCOCCOCCOC[C@@]12CO[C@@H](O1)[C@@H](Nc1ccco1)[C@@H](O)[C@H]2O. The number of amides is 2. The van der Waals surface area contributed by atoms with E-state index in [-0.39, 0.29) is 37.6 Å². The lowest BCUT2D eigenvalue weighted by Gasteiger charge is -2.42. The lowest BCUT2D eigenvalue weighted by molar-refractivity contribution is -0.230. The smallest absolute Gasteiger partial charge is 0.233 e. The Labute approximate surface area is 232 Å². The van der Waals surface area contributed by atoms with Gasteiger partial charge in [0.25, 0.3) is 0 Å². The minimum atomic E-state index is -1.21. The number of rotatable bonds is 17. The van der Waals surface area contributed by atoms with Crippen LogP contribution in [0.2, 0.25) is 0 Å². The van der Waals surface area contributed by atoms with E-state index in [1.54, 1.807) is 12.1 Å². The number of fused-ring (bicyclic) bond motifs is 2. The van der Waals surface area contributed by atoms with E-state index in [0.29, 0.717) is 64.4 Å². The molecule has 5 rings (SSSR count). The molecule has 1 aliphatic carbocycles. The summed E-state index contributed by atoms with van der Waals surface area (Å²) < 4.78 is 39.0. The molecule has 1 unspecified atom stereocenters. The Bertz CT molecular complexity index is 958. The van der Waals surface area contributed by atoms with E-state index in [0.717, 1.165) is 19.3 Å². The summed E-state index contributed by atoms with van der Waals surface area (Å²) in [4.78, 5) is 25.9. The van der Waals surface area contributed by atoms with Crippen molar-refractivity contribution in [2.45, 2.75) is 55.8 Å². The Kier molecular flexibility index (Phi) is 10.1. The van der Waals surface area contributed by atoms with Crippen molar-refractivity contribution >= 4 is 17.7 Å². The Morgan fingerprint density at radius 2 is 1.70 bits per heavy atom. The second-order valence-corrected chi connectivity index (χ2v) is 10.7. The molecule has 13 heteroatoms. The summed E-state index contributed by atoms with van der Waals surface area (Å²) in [5, 5.41) is 24.3. The molecule has 3 saturated heterocycles. The summed E-state index contributed by atoms with van der Waals surface area (Å²) in [5.74, 6) is 0.574. The number of anilines is 1. The number of hydrogen-bond donors (Lipinski definition) is 3. The van der Waals surface area contributed by atoms with Gasteiger partial charge in [-0.05, 0) is 24.8 Å². The summed E-state index contributed by atoms with van der Waals surface area (Å²) in [6, 6.07) is 2.72. The van der Waals surface area contributed by atoms with Gasteiger partial charge in [0.15, 0.2) is 12.2 Å². The molecule has 1 aromatic rings. The highest BCUT2D eigenvalue weighted by molar-refractivity contribution is 6.03. The molecule has 0 spiro atoms. The number of likely N-dealkylation sites (tertiary alicyclic amines) is 1. The zero-order valence-corrected chi connectivity index (χ0v) is 22.6. The molecule has 40 heavy (non-hydrogen) atoms. The molecule has 2 amide bonds. The minimum absolute atomic E-state index is 0.0387. The van der Waals surface area contributed by atoms with Gasteiger partial charge < -0.3 is 48.4 Å². The molecule has 3 aliphatic heterocycles. The zero-order chi connectivity index (χ0) is 28.0. The van der Waals surface area contributed by atoms with Crippen LogP contribution < -0.4 is 5.32 Å². The first-order chi connectivity index (χ1) is 19.5. The predicted octanol–water partition coefficient (Wildman–Crippen LogP) is 0.149. The Hall–Kier alpha value is -2.10. The summed E-state index contributed by atoms with van der Waals surface area (Å²) >= 11 is 0. The molecule has 0 aromatic carbocycles. The largest absolute Gasteiger partial charge is 0.449 e. The molecule has 2 bridgehead atoms. The van der Waals surface area contributed by atoms with E-state index in [1.807, 2.05) is 0 Å². The van der Waals surface area contributed by atoms with Gasteiger partial charge in [-0.3, -0.25) is 14.5 Å². The van der Waals surface area contributed by atoms with Crippen LogP contribution in [-0.2, 0) is 38.0 Å². The van der Waals surface area contributed by atoms with Crippen LogP contribution in [0.1, 0.15) is 25.7 Å². The third-order valence-corrected chi connectivity index (χ3v) is 8.12. The van der Waals surface area contributed by atoms with E-state index >= 15 is 0 Å². The molecule has 224 valence electrons. The summed E-state index contributed by atoms with van der Waals surface area (Å²) in [6.45, 7) is 2.82. The van der Waals surface area contributed by atoms with Crippen LogP contribution in [0.5, 0.6) is 0 Å². The molecule has 6 atom stereocenters. The van der Waals surface area contributed by atoms with Crippen molar-refractivity contribution in [2.75, 3.05) is 71.3 Å². The molecule has 4 aliphatic rings. The van der Waals surface area contributed by atoms with Gasteiger partial charge >= 0.3 is 0 Å². The van der Waals surface area contributed by atoms with Gasteiger partial charge in [-0.25, -0.2) is 0 Å². The van der Waals surface area contributed by atoms with Crippen molar-refractivity contribution in [3.63, 3.8) is 0 Å². The number of imide groups is 1. The molecule has 0 radical (unpaired) electrons. The van der Waals surface area contributed by atoms with Crippen LogP contribution in [-0.4, -0.2) is 123 Å². The fourth-order valence-electron chi connectivity index (χ4n) is 5.58. The average molecular weight is 569 g/mol. The number of nitrogens with zero attached hydrogens (tertiary/aromatic N) is 1. The van der Waals surface area contributed by atoms with Crippen molar-refractivity contribution in [1.82, 2.24) is 4.90 Å². The Morgan fingerprint density at radius 3 is 2.35 bits per heavy atom. The van der Waals surface area contributed by atoms with Gasteiger partial charge in [0.1, 0.15) is 23.9 Å². The molecule has 1 aromatic heterocycles. The maximum Gasteiger partial charge on any atom is 0.233 e. The molecule has 4 heterocycles. The minimum Gasteiger partial charge on any atom is -0.449 e. The van der Waals surface area contributed by atoms with Gasteiger partial charge in [-0.15, -0.1) is 0 Å². The van der Waals surface area contributed by atoms with Gasteiger partial charge in [-0.1, -0.05) is 6.42 Å². The van der Waals surface area contributed by atoms with Gasteiger partial charge in [0.2, 0.25) is 11.8 Å². The number of ether oxygens (including phenoxy) is 6. The van der Waals surface area contributed by atoms with Gasteiger partial charge in [-0.2, -0.15) is 0 Å². The van der Waals surface area contributed by atoms with Crippen LogP contribution in [0.15, 0.2) is 22.8 Å². The number of carbonyl (C=O) groups excluding carboxylic acids is 2. The number of furan rings is 1. The highest BCUT2D eigenvalue weighted by Gasteiger charge is 2.59. The van der Waals surface area contributed by atoms with Crippen LogP contribution >= 0.6 is 0 Å². The van der Waals surface area contributed by atoms with Crippen molar-refractivity contribution in [2.24, 2.45) is 11.8 Å². The fraction of sp³-hybridized carbons (Fsp3) is 0.778. The number of aliphatic hydroxyl groups is 2. The van der Waals surface area contributed by atoms with E-state index in [2.05, 4.69) is 5.32 Å². The normalized spacial score (nSPS) is 32.1. The second-order valence-electron chi connectivity index (χ2n) is 10.7. The first-order valence-corrected chi connectivity index (χ1v) is 14.1. The first-order valence-electron chi connectivity index (χ1n) is 14.1. The molecule has 13 nitrogen and oxygen atoms in total. The van der Waals surface area contributed by atoms with Crippen molar-refractivity contribution < 1.29 is 52.6 Å². The summed E-state index contributed by atoms with van der Waals surface area (Å²) in [5.41, 5.74) is -1.15. The van der Waals surface area contributed by atoms with Gasteiger partial charge in [0.05, 0.1) is 78.2 Å². The summed E-state index contributed by atoms with van der Waals surface area (Å²) in [6.07, 6.45) is 2.00. The topological polar surface area (TPSA) is 158 Å². The third-order valence-electron chi connectivity index (χ3n) is 8.12. The van der Waals surface area contributed by atoms with E-state index in [9.17, 15) is 19.8 Å². The lowest BCUT2D eigenvalue weighted by Crippen LogP contribution is -2.64. The molecule has 1 saturated carbocycles. The van der Waals surface area contributed by atoms with E-state index in [1.165, 1.54) is 11.2 Å². The maximum absolute atomic E-state index is 12.4. The third kappa shape index (κ3) is 6.68. The maximum atomic E-state index is 12.4. The highest BCUT2D eigenvalue weighted by Crippen LogP contribution is 2.40. The molecular weight excluding hydrogens is 528 g/mol. The highest BCUT2D eigenvalue weighted by atomic mass is 16.8. The van der Waals surface area contributed by atoms with Crippen LogP contribution in [0.3, 0.4) is 0 Å². The molecule has 4 fully saturated rings. The van der Waals surface area contributed by atoms with Gasteiger partial charge in [0, 0.05) is 12.5 Å². The predicted molar refractivity (Wildman–Crippen MR) is 137 cm³/mol.